The first-order valence-corrected chi connectivity index (χ1v) is 17.4. The third-order valence-corrected chi connectivity index (χ3v) is 20.9. The summed E-state index contributed by atoms with van der Waals surface area (Å²) in [6.45, 7) is 8.99. The summed E-state index contributed by atoms with van der Waals surface area (Å²) >= 11 is -1.84. The molecule has 0 aliphatic carbocycles. The molecule has 122 valence electrons. The Kier molecular flexibility index (Phi) is 13.9. The Morgan fingerprint density at radius 2 is 1.10 bits per heavy atom. The van der Waals surface area contributed by atoms with Gasteiger partial charge in [-0.15, -0.1) is 0 Å². The Morgan fingerprint density at radius 1 is 0.700 bits per heavy atom. The molecule has 0 heterocycles. The van der Waals surface area contributed by atoms with Crippen molar-refractivity contribution < 1.29 is 5.11 Å². The van der Waals surface area contributed by atoms with Gasteiger partial charge in [0.15, 0.2) is 0 Å². The second kappa shape index (κ2) is 13.4. The molecule has 0 saturated heterocycles. The summed E-state index contributed by atoms with van der Waals surface area (Å²) in [5.41, 5.74) is 0. The summed E-state index contributed by atoms with van der Waals surface area (Å²) in [7, 11) is 0. The molecule has 2 heteroatoms. The van der Waals surface area contributed by atoms with Crippen molar-refractivity contribution in [2.24, 2.45) is 0 Å². The third-order valence-electron chi connectivity index (χ3n) is 4.76. The van der Waals surface area contributed by atoms with E-state index in [0.717, 1.165) is 6.42 Å². The first-order valence-electron chi connectivity index (χ1n) is 9.28. The first-order chi connectivity index (χ1) is 9.60. The molecule has 20 heavy (non-hydrogen) atoms. The van der Waals surface area contributed by atoms with Crippen LogP contribution in [0.1, 0.15) is 85.5 Å². The van der Waals surface area contributed by atoms with Gasteiger partial charge in [0.2, 0.25) is 0 Å². The summed E-state index contributed by atoms with van der Waals surface area (Å²) in [6, 6.07) is 0. The van der Waals surface area contributed by atoms with Crippen molar-refractivity contribution in [2.75, 3.05) is 0 Å². The van der Waals surface area contributed by atoms with Gasteiger partial charge in [-0.05, 0) is 0 Å². The fourth-order valence-corrected chi connectivity index (χ4v) is 19.9. The molecule has 0 aromatic carbocycles. The van der Waals surface area contributed by atoms with Crippen LogP contribution in [0.5, 0.6) is 0 Å². The van der Waals surface area contributed by atoms with E-state index in [9.17, 15) is 5.11 Å². The molecule has 0 aliphatic heterocycles. The van der Waals surface area contributed by atoms with Crippen molar-refractivity contribution in [1.29, 1.82) is 0 Å². The number of hydrogen-bond acceptors (Lipinski definition) is 1. The predicted octanol–water partition coefficient (Wildman–Crippen LogP) is 6.39. The zero-order valence-corrected chi connectivity index (χ0v) is 17.6. The zero-order chi connectivity index (χ0) is 15.3. The summed E-state index contributed by atoms with van der Waals surface area (Å²) in [4.78, 5) is 0. The SMILES string of the molecule is CCC[CH2][Sn]([CH2]CCC)([CH2]CCC)[CH2]CCC[C@@H](C)O. The summed E-state index contributed by atoms with van der Waals surface area (Å²) in [5.74, 6) is 0. The second-order valence-electron chi connectivity index (χ2n) is 6.91. The molecule has 0 saturated carbocycles. The molecule has 0 bridgehead atoms. The fourth-order valence-electron chi connectivity index (χ4n) is 3.35. The quantitative estimate of drug-likeness (QED) is 0.269. The van der Waals surface area contributed by atoms with E-state index in [2.05, 4.69) is 20.8 Å². The molecule has 0 aliphatic rings. The number of hydrogen-bond donors (Lipinski definition) is 1. The van der Waals surface area contributed by atoms with Gasteiger partial charge in [0, 0.05) is 0 Å². The van der Waals surface area contributed by atoms with Crippen molar-refractivity contribution in [2.45, 2.75) is 109 Å². The van der Waals surface area contributed by atoms with Crippen molar-refractivity contribution in [3.05, 3.63) is 0 Å². The van der Waals surface area contributed by atoms with E-state index in [4.69, 9.17) is 0 Å². The summed E-state index contributed by atoms with van der Waals surface area (Å²) < 4.78 is 6.51. The van der Waals surface area contributed by atoms with Crippen LogP contribution in [0.4, 0.5) is 0 Å². The van der Waals surface area contributed by atoms with E-state index in [1.807, 2.05) is 6.92 Å². The van der Waals surface area contributed by atoms with Gasteiger partial charge in [-0.1, -0.05) is 0 Å². The van der Waals surface area contributed by atoms with Crippen LogP contribution in [0.3, 0.4) is 0 Å². The molecule has 0 spiro atoms. The van der Waals surface area contributed by atoms with Crippen molar-refractivity contribution in [3.63, 3.8) is 0 Å². The van der Waals surface area contributed by atoms with Gasteiger partial charge in [0.1, 0.15) is 0 Å². The van der Waals surface area contributed by atoms with E-state index < -0.39 is 18.4 Å². The molecular weight excluding hydrogens is 351 g/mol. The molecule has 1 nitrogen and oxygen atoms in total. The average Bonchev–Trinajstić information content (AvgIpc) is 2.44. The Hall–Kier alpha value is 0.759. The molecule has 1 N–H and O–H groups in total. The average molecular weight is 391 g/mol. The first kappa shape index (κ1) is 20.8. The van der Waals surface area contributed by atoms with Crippen molar-refractivity contribution >= 4 is 18.4 Å². The molecule has 0 fully saturated rings. The van der Waals surface area contributed by atoms with Gasteiger partial charge >= 0.3 is 133 Å². The second-order valence-corrected chi connectivity index (χ2v) is 21.2. The summed E-state index contributed by atoms with van der Waals surface area (Å²) in [5, 5.41) is 9.42. The Bertz CT molecular complexity index is 182. The number of aliphatic hydroxyl groups excluding tert-OH is 1. The van der Waals surface area contributed by atoms with E-state index in [1.165, 1.54) is 51.4 Å². The van der Waals surface area contributed by atoms with Gasteiger partial charge in [0.25, 0.3) is 0 Å². The van der Waals surface area contributed by atoms with Crippen molar-refractivity contribution in [1.82, 2.24) is 0 Å². The van der Waals surface area contributed by atoms with E-state index >= 15 is 0 Å². The number of unbranched alkanes of at least 4 members (excludes halogenated alkanes) is 4. The van der Waals surface area contributed by atoms with Gasteiger partial charge in [-0.2, -0.15) is 0 Å². The Morgan fingerprint density at radius 3 is 1.45 bits per heavy atom. The maximum absolute atomic E-state index is 9.42. The van der Waals surface area contributed by atoms with Gasteiger partial charge in [-0.3, -0.25) is 0 Å². The summed E-state index contributed by atoms with van der Waals surface area (Å²) in [6.07, 6.45) is 12.2. The normalized spacial score (nSPS) is 13.7. The molecule has 0 unspecified atom stereocenters. The van der Waals surface area contributed by atoms with Crippen LogP contribution in [-0.2, 0) is 0 Å². The van der Waals surface area contributed by atoms with Crippen LogP contribution < -0.4 is 0 Å². The van der Waals surface area contributed by atoms with Crippen LogP contribution in [0.2, 0.25) is 17.7 Å². The van der Waals surface area contributed by atoms with Crippen LogP contribution in [0.25, 0.3) is 0 Å². The van der Waals surface area contributed by atoms with E-state index in [-0.39, 0.29) is 6.10 Å². The molecule has 0 radical (unpaired) electrons. The monoisotopic (exact) mass is 392 g/mol. The van der Waals surface area contributed by atoms with Gasteiger partial charge < -0.3 is 0 Å². The molecule has 0 amide bonds. The predicted molar refractivity (Wildman–Crippen MR) is 95.2 cm³/mol. The Balaban J connectivity index is 4.41. The fraction of sp³-hybridized carbons (Fsp3) is 1.00. The van der Waals surface area contributed by atoms with Gasteiger partial charge in [-0.25, -0.2) is 0 Å². The molecular formula is C18H40OSn. The molecule has 0 aromatic rings. The third kappa shape index (κ3) is 10.5. The van der Waals surface area contributed by atoms with Crippen LogP contribution in [0.15, 0.2) is 0 Å². The Labute approximate surface area is 132 Å². The number of aliphatic hydroxyl groups is 1. The minimum atomic E-state index is -1.84. The zero-order valence-electron chi connectivity index (χ0n) is 14.7. The van der Waals surface area contributed by atoms with Crippen molar-refractivity contribution in [3.8, 4) is 0 Å². The van der Waals surface area contributed by atoms with E-state index in [0.29, 0.717) is 0 Å². The molecule has 0 aromatic heterocycles. The maximum atomic E-state index is 9.42. The molecule has 0 rings (SSSR count). The topological polar surface area (TPSA) is 20.2 Å². The van der Waals surface area contributed by atoms with Crippen LogP contribution in [-0.4, -0.2) is 29.6 Å². The van der Waals surface area contributed by atoms with Gasteiger partial charge in [0.05, 0.1) is 0 Å². The number of rotatable bonds is 14. The van der Waals surface area contributed by atoms with E-state index in [1.54, 1.807) is 17.7 Å². The minimum absolute atomic E-state index is 0.0958. The standard InChI is InChI=1S/C6H13O.3C4H9.Sn/c1-3-4-5-6(2)7;3*1-3-4-2;/h6-7H,1,3-5H2,2H3;3*1,3-4H2,2H3;/t6-;;;;/m1..../s1. The van der Waals surface area contributed by atoms with Crippen LogP contribution in [0, 0.1) is 0 Å². The van der Waals surface area contributed by atoms with Crippen LogP contribution >= 0.6 is 0 Å². The molecule has 1 atom stereocenters.